The highest BCUT2D eigenvalue weighted by Crippen LogP contribution is 2.32. The second-order valence-electron chi connectivity index (χ2n) is 7.64. The summed E-state index contributed by atoms with van der Waals surface area (Å²) in [6, 6.07) is 0.683. The zero-order valence-electron chi connectivity index (χ0n) is 12.4. The summed E-state index contributed by atoms with van der Waals surface area (Å²) in [5.41, 5.74) is 4.14. The molecule has 17 heavy (non-hydrogen) atoms. The SMILES string of the molecule is CC(C)(C)N1CCC2CNN(C(C)(C)C)C2C1. The molecule has 0 aliphatic carbocycles. The van der Waals surface area contributed by atoms with Crippen LogP contribution in [0.25, 0.3) is 0 Å². The van der Waals surface area contributed by atoms with E-state index in [0.717, 1.165) is 5.92 Å². The van der Waals surface area contributed by atoms with E-state index in [9.17, 15) is 0 Å². The molecule has 100 valence electrons. The third kappa shape index (κ3) is 2.67. The molecule has 0 spiro atoms. The first-order valence-corrected chi connectivity index (χ1v) is 6.97. The average molecular weight is 239 g/mol. The fourth-order valence-corrected chi connectivity index (χ4v) is 3.19. The van der Waals surface area contributed by atoms with E-state index in [4.69, 9.17) is 0 Å². The Morgan fingerprint density at radius 2 is 1.65 bits per heavy atom. The number of hydrogen-bond acceptors (Lipinski definition) is 3. The smallest absolute Gasteiger partial charge is 0.0418 e. The Morgan fingerprint density at radius 1 is 1.00 bits per heavy atom. The number of hydrogen-bond donors (Lipinski definition) is 1. The lowest BCUT2D eigenvalue weighted by Crippen LogP contribution is -2.59. The maximum atomic E-state index is 3.62. The summed E-state index contributed by atoms with van der Waals surface area (Å²) in [4.78, 5) is 2.64. The van der Waals surface area contributed by atoms with E-state index in [-0.39, 0.29) is 5.54 Å². The van der Waals surface area contributed by atoms with Crippen molar-refractivity contribution in [2.24, 2.45) is 5.92 Å². The number of fused-ring (bicyclic) bond motifs is 1. The fourth-order valence-electron chi connectivity index (χ4n) is 3.19. The summed E-state index contributed by atoms with van der Waals surface area (Å²) < 4.78 is 0. The predicted octanol–water partition coefficient (Wildman–Crippen LogP) is 2.09. The summed E-state index contributed by atoms with van der Waals surface area (Å²) in [7, 11) is 0. The van der Waals surface area contributed by atoms with E-state index in [2.05, 4.69) is 56.9 Å². The molecule has 0 bridgehead atoms. The van der Waals surface area contributed by atoms with Crippen molar-refractivity contribution in [1.29, 1.82) is 0 Å². The van der Waals surface area contributed by atoms with Crippen molar-refractivity contribution < 1.29 is 0 Å². The summed E-state index contributed by atoms with van der Waals surface area (Å²) in [5.74, 6) is 0.841. The molecule has 0 aromatic carbocycles. The molecule has 2 fully saturated rings. The highest BCUT2D eigenvalue weighted by molar-refractivity contribution is 4.97. The van der Waals surface area contributed by atoms with Crippen molar-refractivity contribution in [2.75, 3.05) is 19.6 Å². The van der Waals surface area contributed by atoms with Crippen molar-refractivity contribution in [2.45, 2.75) is 65.1 Å². The van der Waals surface area contributed by atoms with Gasteiger partial charge in [0.05, 0.1) is 0 Å². The summed E-state index contributed by atoms with van der Waals surface area (Å²) in [6.45, 7) is 17.5. The Hall–Kier alpha value is -0.120. The number of piperidine rings is 1. The van der Waals surface area contributed by atoms with Gasteiger partial charge in [0.15, 0.2) is 0 Å². The first kappa shape index (κ1) is 13.3. The Labute approximate surface area is 107 Å². The topological polar surface area (TPSA) is 18.5 Å². The molecule has 3 nitrogen and oxygen atoms in total. The molecular weight excluding hydrogens is 210 g/mol. The van der Waals surface area contributed by atoms with Gasteiger partial charge in [-0.05, 0) is 60.4 Å². The van der Waals surface area contributed by atoms with Crippen molar-refractivity contribution in [3.05, 3.63) is 0 Å². The van der Waals surface area contributed by atoms with E-state index in [1.54, 1.807) is 0 Å². The highest BCUT2D eigenvalue weighted by atomic mass is 15.6. The van der Waals surface area contributed by atoms with Crippen molar-refractivity contribution in [3.8, 4) is 0 Å². The third-order valence-electron chi connectivity index (χ3n) is 4.25. The number of nitrogens with one attached hydrogen (secondary N) is 1. The van der Waals surface area contributed by atoms with Gasteiger partial charge in [0.1, 0.15) is 0 Å². The predicted molar refractivity (Wildman–Crippen MR) is 72.8 cm³/mol. The van der Waals surface area contributed by atoms with Gasteiger partial charge in [-0.15, -0.1) is 0 Å². The molecule has 2 unspecified atom stereocenters. The number of nitrogens with zero attached hydrogens (tertiary/aromatic N) is 2. The minimum Gasteiger partial charge on any atom is -0.297 e. The van der Waals surface area contributed by atoms with Crippen LogP contribution in [0.3, 0.4) is 0 Å². The number of rotatable bonds is 0. The zero-order chi connectivity index (χ0) is 12.8. The third-order valence-corrected chi connectivity index (χ3v) is 4.25. The molecule has 0 saturated carbocycles. The fraction of sp³-hybridized carbons (Fsp3) is 1.00. The van der Waals surface area contributed by atoms with Gasteiger partial charge in [-0.3, -0.25) is 10.3 Å². The molecule has 2 heterocycles. The zero-order valence-corrected chi connectivity index (χ0v) is 12.4. The van der Waals surface area contributed by atoms with Gasteiger partial charge in [0.2, 0.25) is 0 Å². The Kier molecular flexibility index (Phi) is 3.30. The molecule has 3 heteroatoms. The van der Waals surface area contributed by atoms with Crippen LogP contribution in [0.5, 0.6) is 0 Å². The van der Waals surface area contributed by atoms with Gasteiger partial charge < -0.3 is 0 Å². The molecule has 2 saturated heterocycles. The second kappa shape index (κ2) is 4.22. The average Bonchev–Trinajstić information content (AvgIpc) is 2.57. The van der Waals surface area contributed by atoms with Crippen molar-refractivity contribution >= 4 is 0 Å². The van der Waals surface area contributed by atoms with Crippen molar-refractivity contribution in [1.82, 2.24) is 15.3 Å². The van der Waals surface area contributed by atoms with Crippen LogP contribution in [-0.2, 0) is 0 Å². The van der Waals surface area contributed by atoms with Crippen LogP contribution in [0.15, 0.2) is 0 Å². The summed E-state index contributed by atoms with van der Waals surface area (Å²) in [5, 5.41) is 2.50. The molecule has 1 N–H and O–H groups in total. The van der Waals surface area contributed by atoms with Crippen LogP contribution >= 0.6 is 0 Å². The van der Waals surface area contributed by atoms with Crippen LogP contribution in [0.4, 0.5) is 0 Å². The Bertz CT molecular complexity index is 274. The number of likely N-dealkylation sites (tertiary alicyclic amines) is 1. The van der Waals surface area contributed by atoms with Gasteiger partial charge >= 0.3 is 0 Å². The highest BCUT2D eigenvalue weighted by Gasteiger charge is 2.44. The molecule has 0 aromatic rings. The van der Waals surface area contributed by atoms with E-state index >= 15 is 0 Å². The van der Waals surface area contributed by atoms with E-state index in [1.807, 2.05) is 0 Å². The Balaban J connectivity index is 2.10. The van der Waals surface area contributed by atoms with Crippen LogP contribution in [0.1, 0.15) is 48.0 Å². The number of hydrazine groups is 1. The van der Waals surface area contributed by atoms with Crippen LogP contribution in [-0.4, -0.2) is 46.7 Å². The minimum atomic E-state index is 0.223. The van der Waals surface area contributed by atoms with Crippen molar-refractivity contribution in [3.63, 3.8) is 0 Å². The van der Waals surface area contributed by atoms with E-state index < -0.39 is 0 Å². The molecule has 2 rings (SSSR count). The molecular formula is C14H29N3. The van der Waals surface area contributed by atoms with Crippen LogP contribution in [0, 0.1) is 5.92 Å². The molecule has 0 aromatic heterocycles. The molecule has 2 aliphatic heterocycles. The first-order chi connectivity index (χ1) is 7.69. The van der Waals surface area contributed by atoms with E-state index in [1.165, 1.54) is 26.1 Å². The first-order valence-electron chi connectivity index (χ1n) is 6.97. The lowest BCUT2D eigenvalue weighted by Gasteiger charge is -2.47. The Morgan fingerprint density at radius 3 is 2.18 bits per heavy atom. The van der Waals surface area contributed by atoms with Crippen LogP contribution < -0.4 is 5.43 Å². The standard InChI is InChI=1S/C14H29N3/c1-13(2,3)16-8-7-11-9-15-17(12(11)10-16)14(4,5)6/h11-12,15H,7-10H2,1-6H3. The van der Waals surface area contributed by atoms with Gasteiger partial charge in [-0.2, -0.15) is 0 Å². The van der Waals surface area contributed by atoms with Gasteiger partial charge in [-0.1, -0.05) is 0 Å². The van der Waals surface area contributed by atoms with Crippen LogP contribution in [0.2, 0.25) is 0 Å². The van der Waals surface area contributed by atoms with E-state index in [0.29, 0.717) is 11.6 Å². The largest absolute Gasteiger partial charge is 0.297 e. The molecule has 0 radical (unpaired) electrons. The van der Waals surface area contributed by atoms with Gasteiger partial charge in [-0.25, -0.2) is 5.01 Å². The monoisotopic (exact) mass is 239 g/mol. The second-order valence-corrected chi connectivity index (χ2v) is 7.64. The maximum Gasteiger partial charge on any atom is 0.0418 e. The maximum absolute atomic E-state index is 3.62. The van der Waals surface area contributed by atoms with Gasteiger partial charge in [0, 0.05) is 30.2 Å². The summed E-state index contributed by atoms with van der Waals surface area (Å²) in [6.07, 6.45) is 1.33. The quantitative estimate of drug-likeness (QED) is 0.698. The lowest BCUT2D eigenvalue weighted by molar-refractivity contribution is -0.00420. The normalized spacial score (nSPS) is 32.8. The molecule has 0 amide bonds. The summed E-state index contributed by atoms with van der Waals surface area (Å²) >= 11 is 0. The molecule has 2 aliphatic rings. The molecule has 2 atom stereocenters. The lowest BCUT2D eigenvalue weighted by atomic mass is 9.88. The minimum absolute atomic E-state index is 0.223. The van der Waals surface area contributed by atoms with Gasteiger partial charge in [0.25, 0.3) is 0 Å².